The zero-order valence-electron chi connectivity index (χ0n) is 12.9. The van der Waals surface area contributed by atoms with E-state index in [2.05, 4.69) is 5.32 Å². The summed E-state index contributed by atoms with van der Waals surface area (Å²) in [5, 5.41) is 12.0. The minimum absolute atomic E-state index is 0.182. The summed E-state index contributed by atoms with van der Waals surface area (Å²) in [4.78, 5) is 11.7. The average molecular weight is 378 g/mol. The van der Waals surface area contributed by atoms with E-state index in [-0.39, 0.29) is 10.6 Å². The molecule has 0 saturated heterocycles. The second kappa shape index (κ2) is 7.27. The van der Waals surface area contributed by atoms with Crippen molar-refractivity contribution in [2.75, 3.05) is 19.6 Å². The van der Waals surface area contributed by atoms with E-state index in [1.165, 1.54) is 7.05 Å². The number of sulfone groups is 1. The number of alkyl halides is 3. The molecule has 24 heavy (non-hydrogen) atoms. The second-order valence-electron chi connectivity index (χ2n) is 4.58. The molecule has 1 N–H and O–H groups in total. The van der Waals surface area contributed by atoms with Gasteiger partial charge in [0.25, 0.3) is 0 Å². The molecule has 0 aliphatic carbocycles. The van der Waals surface area contributed by atoms with E-state index >= 15 is 0 Å². The van der Waals surface area contributed by atoms with Crippen molar-refractivity contribution in [3.05, 3.63) is 39.9 Å². The lowest BCUT2D eigenvalue weighted by Gasteiger charge is -2.13. The summed E-state index contributed by atoms with van der Waals surface area (Å²) < 4.78 is 62.0. The van der Waals surface area contributed by atoms with Gasteiger partial charge in [-0.2, -0.15) is 18.4 Å². The Balaban J connectivity index is 3.69. The normalized spacial score (nSPS) is 13.0. The minimum Gasteiger partial charge on any atom is -0.382 e. The molecule has 0 fully saturated rings. The molecule has 1 aromatic rings. The number of hydrogen-bond acceptors (Lipinski definition) is 6. The third kappa shape index (κ3) is 4.30. The summed E-state index contributed by atoms with van der Waals surface area (Å²) in [5.41, 5.74) is -2.06. The monoisotopic (exact) mass is 378 g/mol. The number of ketones is 1. The van der Waals surface area contributed by atoms with Crippen LogP contribution in [0.1, 0.15) is 15.9 Å². The Kier molecular flexibility index (Phi) is 6.08. The van der Waals surface area contributed by atoms with Crippen LogP contribution in [-0.2, 0) is 16.0 Å². The van der Waals surface area contributed by atoms with E-state index in [1.807, 2.05) is 0 Å². The number of thioether (sulfide) groups is 1. The Morgan fingerprint density at radius 3 is 2.29 bits per heavy atom. The third-order valence-electron chi connectivity index (χ3n) is 2.95. The standard InChI is InChI=1S/C14H13F3N2O3S2/c1-19-13(23-2)10(7-18)12(20)9-5-4-8(14(15,16)17)6-11(9)24(3,21)22/h4-6,19H,1-3H3/b13-10+. The van der Waals surface area contributed by atoms with E-state index in [1.54, 1.807) is 12.3 Å². The van der Waals surface area contributed by atoms with Gasteiger partial charge in [0.1, 0.15) is 11.6 Å². The minimum atomic E-state index is -4.76. The fourth-order valence-corrected chi connectivity index (χ4v) is 3.31. The molecule has 0 unspecified atom stereocenters. The van der Waals surface area contributed by atoms with Crippen LogP contribution in [0, 0.1) is 11.3 Å². The molecule has 130 valence electrons. The molecular formula is C14H13F3N2O3S2. The van der Waals surface area contributed by atoms with E-state index < -0.39 is 37.8 Å². The van der Waals surface area contributed by atoms with Crippen molar-refractivity contribution in [2.24, 2.45) is 0 Å². The maximum absolute atomic E-state index is 12.8. The third-order valence-corrected chi connectivity index (χ3v) is 4.90. The number of hydrogen-bond donors (Lipinski definition) is 1. The van der Waals surface area contributed by atoms with Gasteiger partial charge in [-0.05, 0) is 24.5 Å². The van der Waals surface area contributed by atoms with Gasteiger partial charge < -0.3 is 5.32 Å². The predicted molar refractivity (Wildman–Crippen MR) is 84.1 cm³/mol. The molecule has 1 rings (SSSR count). The molecule has 0 aliphatic rings. The number of allylic oxidation sites excluding steroid dienone is 1. The van der Waals surface area contributed by atoms with Crippen molar-refractivity contribution >= 4 is 27.4 Å². The van der Waals surface area contributed by atoms with E-state index in [0.29, 0.717) is 18.4 Å². The zero-order chi connectivity index (χ0) is 18.7. The average Bonchev–Trinajstić information content (AvgIpc) is 2.49. The van der Waals surface area contributed by atoms with Crippen LogP contribution in [-0.4, -0.2) is 33.8 Å². The first-order valence-electron chi connectivity index (χ1n) is 6.29. The van der Waals surface area contributed by atoms with Gasteiger partial charge in [-0.3, -0.25) is 4.79 Å². The lowest BCUT2D eigenvalue weighted by molar-refractivity contribution is -0.137. The highest BCUT2D eigenvalue weighted by atomic mass is 32.2. The maximum Gasteiger partial charge on any atom is 0.416 e. The van der Waals surface area contributed by atoms with Crippen LogP contribution >= 0.6 is 11.8 Å². The van der Waals surface area contributed by atoms with Crippen LogP contribution in [0.25, 0.3) is 0 Å². The van der Waals surface area contributed by atoms with Crippen LogP contribution in [0.4, 0.5) is 13.2 Å². The molecule has 0 aliphatic heterocycles. The molecular weight excluding hydrogens is 365 g/mol. The molecule has 0 amide bonds. The Morgan fingerprint density at radius 2 is 1.92 bits per heavy atom. The highest BCUT2D eigenvalue weighted by Gasteiger charge is 2.33. The summed E-state index contributed by atoms with van der Waals surface area (Å²) in [7, 11) is -2.66. The molecule has 5 nitrogen and oxygen atoms in total. The molecule has 0 radical (unpaired) electrons. The molecule has 0 bridgehead atoms. The number of nitrogens with one attached hydrogen (secondary N) is 1. The number of Topliss-reactive ketones (excluding diaryl/α,β-unsaturated/α-hetero) is 1. The van der Waals surface area contributed by atoms with Gasteiger partial charge in [-0.1, -0.05) is 0 Å². The number of halogens is 3. The number of nitriles is 1. The number of rotatable bonds is 5. The van der Waals surface area contributed by atoms with E-state index in [4.69, 9.17) is 5.26 Å². The van der Waals surface area contributed by atoms with Crippen LogP contribution < -0.4 is 5.32 Å². The van der Waals surface area contributed by atoms with Gasteiger partial charge >= 0.3 is 6.18 Å². The second-order valence-corrected chi connectivity index (χ2v) is 7.38. The predicted octanol–water partition coefficient (Wildman–Crippen LogP) is 2.61. The smallest absolute Gasteiger partial charge is 0.382 e. The SMILES string of the molecule is CN/C(SC)=C(/C#N)C(=O)c1ccc(C(F)(F)F)cc1S(C)(=O)=O. The summed E-state index contributed by atoms with van der Waals surface area (Å²) >= 11 is 1.04. The van der Waals surface area contributed by atoms with Crippen molar-refractivity contribution in [1.82, 2.24) is 5.32 Å². The summed E-state index contributed by atoms with van der Waals surface area (Å²) in [5.74, 6) is -0.967. The molecule has 10 heteroatoms. The van der Waals surface area contributed by atoms with Crippen molar-refractivity contribution in [3.8, 4) is 6.07 Å². The van der Waals surface area contributed by atoms with Crippen LogP contribution in [0.3, 0.4) is 0 Å². The number of benzene rings is 1. The number of nitrogens with zero attached hydrogens (tertiary/aromatic N) is 1. The van der Waals surface area contributed by atoms with Gasteiger partial charge in [-0.25, -0.2) is 8.42 Å². The lowest BCUT2D eigenvalue weighted by atomic mass is 10.0. The number of carbonyl (C=O) groups excluding carboxylic acids is 1. The molecule has 1 aromatic carbocycles. The van der Waals surface area contributed by atoms with Crippen LogP contribution in [0.15, 0.2) is 33.7 Å². The lowest BCUT2D eigenvalue weighted by Crippen LogP contribution is -2.16. The molecule has 0 aromatic heterocycles. The topological polar surface area (TPSA) is 87.0 Å². The highest BCUT2D eigenvalue weighted by molar-refractivity contribution is 8.02. The van der Waals surface area contributed by atoms with Crippen LogP contribution in [0.2, 0.25) is 0 Å². The van der Waals surface area contributed by atoms with Crippen molar-refractivity contribution < 1.29 is 26.4 Å². The number of carbonyl (C=O) groups is 1. The highest BCUT2D eigenvalue weighted by Crippen LogP contribution is 2.33. The molecule has 0 atom stereocenters. The van der Waals surface area contributed by atoms with E-state index in [9.17, 15) is 26.4 Å². The van der Waals surface area contributed by atoms with Gasteiger partial charge in [-0.15, -0.1) is 11.8 Å². The first-order valence-corrected chi connectivity index (χ1v) is 9.41. The van der Waals surface area contributed by atoms with Gasteiger partial charge in [0.2, 0.25) is 5.78 Å². The largest absolute Gasteiger partial charge is 0.416 e. The first-order chi connectivity index (χ1) is 11.0. The Bertz CT molecular complexity index is 832. The van der Waals surface area contributed by atoms with Crippen molar-refractivity contribution in [2.45, 2.75) is 11.1 Å². The molecule has 0 spiro atoms. The van der Waals surface area contributed by atoms with Gasteiger partial charge in [0.15, 0.2) is 9.84 Å². The molecule has 0 heterocycles. The summed E-state index contributed by atoms with van der Waals surface area (Å²) in [6.07, 6.45) is -2.48. The van der Waals surface area contributed by atoms with Gasteiger partial charge in [0.05, 0.1) is 15.5 Å². The summed E-state index contributed by atoms with van der Waals surface area (Å²) in [6, 6.07) is 3.43. The summed E-state index contributed by atoms with van der Waals surface area (Å²) in [6.45, 7) is 0. The fraction of sp³-hybridized carbons (Fsp3) is 0.286. The fourth-order valence-electron chi connectivity index (χ4n) is 1.86. The first kappa shape index (κ1) is 20.1. The zero-order valence-corrected chi connectivity index (χ0v) is 14.5. The maximum atomic E-state index is 12.8. The van der Waals surface area contributed by atoms with E-state index in [0.717, 1.165) is 17.8 Å². The quantitative estimate of drug-likeness (QED) is 0.481. The molecule has 0 saturated carbocycles. The van der Waals surface area contributed by atoms with Crippen LogP contribution in [0.5, 0.6) is 0 Å². The Labute approximate surface area is 141 Å². The Hall–Kier alpha value is -1.99. The Morgan fingerprint density at radius 1 is 1.33 bits per heavy atom. The van der Waals surface area contributed by atoms with Gasteiger partial charge in [0, 0.05) is 18.9 Å². The van der Waals surface area contributed by atoms with Crippen molar-refractivity contribution in [3.63, 3.8) is 0 Å². The van der Waals surface area contributed by atoms with Crippen molar-refractivity contribution in [1.29, 1.82) is 5.26 Å².